The molecule has 2 aromatic carbocycles. The molecule has 1 aliphatic rings. The topological polar surface area (TPSA) is 81.4 Å². The Labute approximate surface area is 117 Å². The standard InChI is InChI=1S/C14H14N2O3S/c15-10-4-3-5-11(8-10)20(17,18)16-13-9-19-14-7-2-1-6-12(13)14/h1-8,13,16H,9,15H2. The van der Waals surface area contributed by atoms with Crippen LogP contribution in [-0.4, -0.2) is 15.0 Å². The number of benzene rings is 2. The van der Waals surface area contributed by atoms with Crippen LogP contribution in [0, 0.1) is 0 Å². The van der Waals surface area contributed by atoms with Crippen LogP contribution >= 0.6 is 0 Å². The van der Waals surface area contributed by atoms with Gasteiger partial charge in [0.15, 0.2) is 0 Å². The van der Waals surface area contributed by atoms with Crippen molar-refractivity contribution in [1.82, 2.24) is 4.72 Å². The first-order valence-electron chi connectivity index (χ1n) is 6.16. The largest absolute Gasteiger partial charge is 0.491 e. The minimum Gasteiger partial charge on any atom is -0.491 e. The normalized spacial score (nSPS) is 17.5. The number of hydrogen-bond donors (Lipinski definition) is 2. The second-order valence-electron chi connectivity index (χ2n) is 4.60. The first-order chi connectivity index (χ1) is 9.56. The van der Waals surface area contributed by atoms with Crippen molar-refractivity contribution >= 4 is 15.7 Å². The Kier molecular flexibility index (Phi) is 3.11. The van der Waals surface area contributed by atoms with E-state index in [9.17, 15) is 8.42 Å². The van der Waals surface area contributed by atoms with Gasteiger partial charge in [0.2, 0.25) is 10.0 Å². The minimum absolute atomic E-state index is 0.155. The molecule has 0 spiro atoms. The number of nitrogens with one attached hydrogen (secondary N) is 1. The van der Waals surface area contributed by atoms with Gasteiger partial charge in [-0.3, -0.25) is 0 Å². The molecule has 3 rings (SSSR count). The smallest absolute Gasteiger partial charge is 0.241 e. The molecule has 5 nitrogen and oxygen atoms in total. The Hall–Kier alpha value is -2.05. The van der Waals surface area contributed by atoms with Crippen molar-refractivity contribution in [1.29, 1.82) is 0 Å². The lowest BCUT2D eigenvalue weighted by Gasteiger charge is -2.12. The van der Waals surface area contributed by atoms with E-state index in [0.29, 0.717) is 18.0 Å². The SMILES string of the molecule is Nc1cccc(S(=O)(=O)NC2COc3ccccc32)c1. The number of rotatable bonds is 3. The van der Waals surface area contributed by atoms with Gasteiger partial charge < -0.3 is 10.5 Å². The van der Waals surface area contributed by atoms with Gasteiger partial charge in [-0.2, -0.15) is 0 Å². The Morgan fingerprint density at radius 2 is 1.95 bits per heavy atom. The van der Waals surface area contributed by atoms with Gasteiger partial charge in [-0.05, 0) is 24.3 Å². The highest BCUT2D eigenvalue weighted by molar-refractivity contribution is 7.89. The number of nitrogen functional groups attached to an aromatic ring is 1. The summed E-state index contributed by atoms with van der Waals surface area (Å²) in [5, 5.41) is 0. The summed E-state index contributed by atoms with van der Waals surface area (Å²) in [6.45, 7) is 0.293. The number of ether oxygens (including phenoxy) is 1. The summed E-state index contributed by atoms with van der Waals surface area (Å²) in [6, 6.07) is 13.2. The van der Waals surface area contributed by atoms with Gasteiger partial charge in [0.25, 0.3) is 0 Å². The highest BCUT2D eigenvalue weighted by Crippen LogP contribution is 2.32. The Bertz CT molecular complexity index is 744. The molecule has 0 saturated heterocycles. The zero-order valence-corrected chi connectivity index (χ0v) is 11.4. The third kappa shape index (κ3) is 2.35. The van der Waals surface area contributed by atoms with Gasteiger partial charge in [-0.15, -0.1) is 0 Å². The molecule has 1 heterocycles. The van der Waals surface area contributed by atoms with Crippen LogP contribution in [0.3, 0.4) is 0 Å². The number of hydrogen-bond acceptors (Lipinski definition) is 4. The molecule has 1 aliphatic heterocycles. The van der Waals surface area contributed by atoms with Gasteiger partial charge in [-0.25, -0.2) is 13.1 Å². The second-order valence-corrected chi connectivity index (χ2v) is 6.31. The van der Waals surface area contributed by atoms with Crippen LogP contribution in [0.1, 0.15) is 11.6 Å². The number of sulfonamides is 1. The molecule has 0 saturated carbocycles. The molecular formula is C14H14N2O3S. The van der Waals surface area contributed by atoms with E-state index in [1.165, 1.54) is 12.1 Å². The predicted molar refractivity (Wildman–Crippen MR) is 75.9 cm³/mol. The van der Waals surface area contributed by atoms with Gasteiger partial charge in [0.05, 0.1) is 10.9 Å². The van der Waals surface area contributed by atoms with Crippen LogP contribution in [0.15, 0.2) is 53.4 Å². The van der Waals surface area contributed by atoms with Gasteiger partial charge in [0, 0.05) is 11.3 Å². The molecule has 0 radical (unpaired) electrons. The number of anilines is 1. The van der Waals surface area contributed by atoms with Crippen molar-refractivity contribution in [2.24, 2.45) is 0 Å². The summed E-state index contributed by atoms with van der Waals surface area (Å²) < 4.78 is 32.8. The van der Waals surface area contributed by atoms with E-state index in [1.54, 1.807) is 12.1 Å². The molecular weight excluding hydrogens is 276 g/mol. The molecule has 3 N–H and O–H groups in total. The predicted octanol–water partition coefficient (Wildman–Crippen LogP) is 1.68. The molecule has 0 aliphatic carbocycles. The molecule has 2 aromatic rings. The van der Waals surface area contributed by atoms with Crippen LogP contribution in [0.25, 0.3) is 0 Å². The summed E-state index contributed by atoms with van der Waals surface area (Å²) in [5.74, 6) is 0.716. The quantitative estimate of drug-likeness (QED) is 0.843. The van der Waals surface area contributed by atoms with E-state index in [4.69, 9.17) is 10.5 Å². The van der Waals surface area contributed by atoms with E-state index < -0.39 is 10.0 Å². The molecule has 104 valence electrons. The highest BCUT2D eigenvalue weighted by Gasteiger charge is 2.28. The van der Waals surface area contributed by atoms with Crippen LogP contribution in [0.2, 0.25) is 0 Å². The second kappa shape index (κ2) is 4.81. The first kappa shape index (κ1) is 13.0. The van der Waals surface area contributed by atoms with Gasteiger partial charge >= 0.3 is 0 Å². The molecule has 1 atom stereocenters. The van der Waals surface area contributed by atoms with E-state index >= 15 is 0 Å². The maximum atomic E-state index is 12.3. The van der Waals surface area contributed by atoms with Crippen molar-refractivity contribution < 1.29 is 13.2 Å². The number of fused-ring (bicyclic) bond motifs is 1. The zero-order chi connectivity index (χ0) is 14.2. The van der Waals surface area contributed by atoms with Crippen molar-refractivity contribution in [3.05, 3.63) is 54.1 Å². The van der Waals surface area contributed by atoms with E-state index in [0.717, 1.165) is 5.56 Å². The summed E-state index contributed by atoms with van der Waals surface area (Å²) in [7, 11) is -3.62. The Morgan fingerprint density at radius 1 is 1.15 bits per heavy atom. The molecule has 1 unspecified atom stereocenters. The summed E-state index contributed by atoms with van der Waals surface area (Å²) in [4.78, 5) is 0.155. The molecule has 6 heteroatoms. The van der Waals surface area contributed by atoms with Crippen molar-refractivity contribution in [3.8, 4) is 5.75 Å². The molecule has 20 heavy (non-hydrogen) atoms. The average Bonchev–Trinajstić information content (AvgIpc) is 2.82. The van der Waals surface area contributed by atoms with Crippen molar-refractivity contribution in [2.75, 3.05) is 12.3 Å². The van der Waals surface area contributed by atoms with E-state index in [-0.39, 0.29) is 10.9 Å². The van der Waals surface area contributed by atoms with Crippen LogP contribution in [0.4, 0.5) is 5.69 Å². The fourth-order valence-electron chi connectivity index (χ4n) is 2.20. The Morgan fingerprint density at radius 3 is 2.75 bits per heavy atom. The number of para-hydroxylation sites is 1. The summed E-state index contributed by atoms with van der Waals surface area (Å²) in [5.41, 5.74) is 6.88. The maximum absolute atomic E-state index is 12.3. The molecule has 0 amide bonds. The van der Waals surface area contributed by atoms with E-state index in [1.807, 2.05) is 24.3 Å². The Balaban J connectivity index is 1.89. The molecule has 0 aromatic heterocycles. The zero-order valence-electron chi connectivity index (χ0n) is 10.6. The first-order valence-corrected chi connectivity index (χ1v) is 7.64. The molecule has 0 bridgehead atoms. The van der Waals surface area contributed by atoms with Crippen molar-refractivity contribution in [2.45, 2.75) is 10.9 Å². The van der Waals surface area contributed by atoms with Crippen LogP contribution in [0.5, 0.6) is 5.75 Å². The number of nitrogens with two attached hydrogens (primary N) is 1. The third-order valence-electron chi connectivity index (χ3n) is 3.17. The fourth-order valence-corrected chi connectivity index (χ4v) is 3.45. The van der Waals surface area contributed by atoms with Crippen molar-refractivity contribution in [3.63, 3.8) is 0 Å². The van der Waals surface area contributed by atoms with Crippen LogP contribution in [-0.2, 0) is 10.0 Å². The molecule has 0 fully saturated rings. The van der Waals surface area contributed by atoms with Gasteiger partial charge in [0.1, 0.15) is 12.4 Å². The lowest BCUT2D eigenvalue weighted by Crippen LogP contribution is -2.29. The fraction of sp³-hybridized carbons (Fsp3) is 0.143. The van der Waals surface area contributed by atoms with Gasteiger partial charge in [-0.1, -0.05) is 24.3 Å². The monoisotopic (exact) mass is 290 g/mol. The van der Waals surface area contributed by atoms with Crippen LogP contribution < -0.4 is 15.2 Å². The summed E-state index contributed by atoms with van der Waals surface area (Å²) >= 11 is 0. The summed E-state index contributed by atoms with van der Waals surface area (Å²) in [6.07, 6.45) is 0. The lowest BCUT2D eigenvalue weighted by atomic mass is 10.1. The minimum atomic E-state index is -3.62. The van der Waals surface area contributed by atoms with E-state index in [2.05, 4.69) is 4.72 Å². The lowest BCUT2D eigenvalue weighted by molar-refractivity contribution is 0.325. The average molecular weight is 290 g/mol. The highest BCUT2D eigenvalue weighted by atomic mass is 32.2. The third-order valence-corrected chi connectivity index (χ3v) is 4.64. The maximum Gasteiger partial charge on any atom is 0.241 e.